The normalized spacial score (nSPS) is 15.9. The average Bonchev–Trinajstić information content (AvgIpc) is 3.24. The van der Waals surface area contributed by atoms with Crippen LogP contribution in [0.15, 0.2) is 56.1 Å². The van der Waals surface area contributed by atoms with E-state index in [1.807, 2.05) is 6.07 Å². The molecule has 4 aromatic rings. The van der Waals surface area contributed by atoms with Gasteiger partial charge in [0, 0.05) is 9.50 Å². The van der Waals surface area contributed by atoms with Crippen LogP contribution in [0, 0.1) is 6.92 Å². The molecule has 1 amide bonds. The zero-order valence-electron chi connectivity index (χ0n) is 14.8. The Hall–Kier alpha value is -2.55. The molecule has 0 radical (unpaired) electrons. The number of carbonyl (C=O) groups excluding carboxylic acids is 1. The lowest BCUT2D eigenvalue weighted by molar-refractivity contribution is 0.0970. The predicted octanol–water partition coefficient (Wildman–Crippen LogP) is 5.12. The fourth-order valence-electron chi connectivity index (χ4n) is 3.52. The highest BCUT2D eigenvalue weighted by atomic mass is 79.9. The second-order valence-electron chi connectivity index (χ2n) is 6.55. The smallest absolute Gasteiger partial charge is 0.297 e. The molecular weight excluding hydrogens is 478 g/mol. The summed E-state index contributed by atoms with van der Waals surface area (Å²) in [6.07, 6.45) is 0. The summed E-state index contributed by atoms with van der Waals surface area (Å²) in [4.78, 5) is 28.2. The minimum Gasteiger partial charge on any atom is -0.450 e. The third kappa shape index (κ3) is 2.90. The highest BCUT2D eigenvalue weighted by Gasteiger charge is 2.45. The second-order valence-corrected chi connectivity index (χ2v) is 9.06. The van der Waals surface area contributed by atoms with Gasteiger partial charge in [-0.15, -0.1) is 10.2 Å². The number of carbonyl (C=O) groups is 1. The Morgan fingerprint density at radius 1 is 1.17 bits per heavy atom. The van der Waals surface area contributed by atoms with E-state index in [0.717, 1.165) is 4.47 Å². The number of fused-ring (bicyclic) bond motifs is 2. The molecule has 29 heavy (non-hydrogen) atoms. The van der Waals surface area contributed by atoms with Crippen LogP contribution in [0.4, 0.5) is 5.13 Å². The van der Waals surface area contributed by atoms with E-state index in [0.29, 0.717) is 31.7 Å². The monoisotopic (exact) mass is 487 g/mol. The van der Waals surface area contributed by atoms with E-state index in [1.165, 1.54) is 16.2 Å². The summed E-state index contributed by atoms with van der Waals surface area (Å²) in [6, 6.07) is 11.5. The van der Waals surface area contributed by atoms with Gasteiger partial charge in [0.1, 0.15) is 10.6 Å². The quantitative estimate of drug-likeness (QED) is 0.391. The summed E-state index contributed by atoms with van der Waals surface area (Å²) < 4.78 is 6.65. The maximum Gasteiger partial charge on any atom is 0.297 e. The Bertz CT molecular complexity index is 1370. The van der Waals surface area contributed by atoms with E-state index >= 15 is 0 Å². The number of aryl methyl sites for hydroxylation is 1. The first kappa shape index (κ1) is 18.5. The van der Waals surface area contributed by atoms with E-state index in [2.05, 4.69) is 26.1 Å². The first-order chi connectivity index (χ1) is 13.9. The van der Waals surface area contributed by atoms with Gasteiger partial charge in [0.25, 0.3) is 5.91 Å². The molecular formula is C20H11BrClN3O3S. The van der Waals surface area contributed by atoms with Crippen molar-refractivity contribution >= 4 is 60.9 Å². The van der Waals surface area contributed by atoms with Crippen molar-refractivity contribution in [3.05, 3.63) is 84.1 Å². The van der Waals surface area contributed by atoms with Crippen LogP contribution >= 0.6 is 38.9 Å². The number of amides is 1. The van der Waals surface area contributed by atoms with Crippen LogP contribution in [0.3, 0.4) is 0 Å². The molecule has 9 heteroatoms. The van der Waals surface area contributed by atoms with Gasteiger partial charge in [0.15, 0.2) is 5.43 Å². The van der Waals surface area contributed by atoms with Crippen molar-refractivity contribution in [3.63, 3.8) is 0 Å². The number of rotatable bonds is 2. The molecule has 5 rings (SSSR count). The van der Waals surface area contributed by atoms with Gasteiger partial charge in [0.05, 0.1) is 17.0 Å². The highest BCUT2D eigenvalue weighted by molar-refractivity contribution is 9.10. The highest BCUT2D eigenvalue weighted by Crippen LogP contribution is 2.42. The number of hydrogen-bond acceptors (Lipinski definition) is 6. The Morgan fingerprint density at radius 2 is 2.00 bits per heavy atom. The van der Waals surface area contributed by atoms with E-state index in [-0.39, 0.29) is 16.8 Å². The maximum absolute atomic E-state index is 13.4. The fourth-order valence-corrected chi connectivity index (χ4v) is 4.79. The average molecular weight is 489 g/mol. The van der Waals surface area contributed by atoms with Crippen LogP contribution in [-0.2, 0) is 0 Å². The lowest BCUT2D eigenvalue weighted by Gasteiger charge is -2.22. The molecule has 144 valence electrons. The van der Waals surface area contributed by atoms with Crippen LogP contribution in [0.25, 0.3) is 11.0 Å². The summed E-state index contributed by atoms with van der Waals surface area (Å²) in [6.45, 7) is 1.80. The van der Waals surface area contributed by atoms with Crippen molar-refractivity contribution in [3.8, 4) is 0 Å². The third-order valence-corrected chi connectivity index (χ3v) is 6.28. The SMILES string of the molecule is Cc1nnc(N2C(=O)c3oc4ccc(Br)cc4c(=O)c3C2c2cccc(Cl)c2)s1. The van der Waals surface area contributed by atoms with Gasteiger partial charge in [0.2, 0.25) is 10.9 Å². The van der Waals surface area contributed by atoms with Crippen molar-refractivity contribution in [2.45, 2.75) is 13.0 Å². The minimum atomic E-state index is -0.705. The van der Waals surface area contributed by atoms with Crippen molar-refractivity contribution in [2.75, 3.05) is 4.90 Å². The summed E-state index contributed by atoms with van der Waals surface area (Å²) in [5.41, 5.74) is 1.06. The van der Waals surface area contributed by atoms with Crippen molar-refractivity contribution < 1.29 is 9.21 Å². The lowest BCUT2D eigenvalue weighted by Crippen LogP contribution is -2.29. The largest absolute Gasteiger partial charge is 0.450 e. The first-order valence-corrected chi connectivity index (χ1v) is 10.6. The third-order valence-electron chi connectivity index (χ3n) is 4.72. The Morgan fingerprint density at radius 3 is 2.72 bits per heavy atom. The molecule has 0 spiro atoms. The molecule has 1 atom stereocenters. The van der Waals surface area contributed by atoms with Crippen LogP contribution in [0.2, 0.25) is 5.02 Å². The number of aromatic nitrogens is 2. The number of nitrogens with zero attached hydrogens (tertiary/aromatic N) is 3. The summed E-state index contributed by atoms with van der Waals surface area (Å²) in [5, 5.41) is 10.2. The molecule has 2 aromatic heterocycles. The topological polar surface area (TPSA) is 76.3 Å². The number of anilines is 1. The van der Waals surface area contributed by atoms with Gasteiger partial charge in [-0.3, -0.25) is 14.5 Å². The number of halogens is 2. The van der Waals surface area contributed by atoms with Gasteiger partial charge in [-0.05, 0) is 42.8 Å². The van der Waals surface area contributed by atoms with Gasteiger partial charge < -0.3 is 4.42 Å². The molecule has 0 saturated heterocycles. The minimum absolute atomic E-state index is 0.0163. The Balaban J connectivity index is 1.84. The lowest BCUT2D eigenvalue weighted by atomic mass is 9.99. The van der Waals surface area contributed by atoms with E-state index < -0.39 is 11.9 Å². The van der Waals surface area contributed by atoms with E-state index in [9.17, 15) is 9.59 Å². The molecule has 6 nitrogen and oxygen atoms in total. The summed E-state index contributed by atoms with van der Waals surface area (Å²) in [5.74, 6) is -0.411. The van der Waals surface area contributed by atoms with Gasteiger partial charge >= 0.3 is 0 Å². The fraction of sp³-hybridized carbons (Fsp3) is 0.100. The number of hydrogen-bond donors (Lipinski definition) is 0. The zero-order valence-corrected chi connectivity index (χ0v) is 18.0. The van der Waals surface area contributed by atoms with Crippen LogP contribution in [-0.4, -0.2) is 16.1 Å². The standard InChI is InChI=1S/C20H11BrClN3O3S/c1-9-23-24-20(29-9)25-16(10-3-2-4-12(22)7-10)15-17(26)13-8-11(21)5-6-14(13)28-18(15)19(25)27/h2-8,16H,1H3. The molecule has 1 unspecified atom stereocenters. The number of benzene rings is 2. The van der Waals surface area contributed by atoms with Crippen LogP contribution in [0.5, 0.6) is 0 Å². The van der Waals surface area contributed by atoms with Gasteiger partial charge in [-0.2, -0.15) is 0 Å². The molecule has 0 fully saturated rings. The first-order valence-electron chi connectivity index (χ1n) is 8.59. The maximum atomic E-state index is 13.4. The van der Waals surface area contributed by atoms with Gasteiger partial charge in [-0.1, -0.05) is 51.0 Å². The molecule has 0 bridgehead atoms. The predicted molar refractivity (Wildman–Crippen MR) is 115 cm³/mol. The van der Waals surface area contributed by atoms with Gasteiger partial charge in [-0.25, -0.2) is 0 Å². The molecule has 1 aliphatic heterocycles. The van der Waals surface area contributed by atoms with E-state index in [4.69, 9.17) is 16.0 Å². The Kier molecular flexibility index (Phi) is 4.31. The van der Waals surface area contributed by atoms with Crippen LogP contribution in [0.1, 0.15) is 32.7 Å². The molecule has 1 aliphatic rings. The second kappa shape index (κ2) is 6.76. The van der Waals surface area contributed by atoms with Crippen LogP contribution < -0.4 is 10.3 Å². The summed E-state index contributed by atoms with van der Waals surface area (Å²) >= 11 is 10.9. The summed E-state index contributed by atoms with van der Waals surface area (Å²) in [7, 11) is 0. The molecule has 0 aliphatic carbocycles. The molecule has 0 saturated carbocycles. The Labute approximate surface area is 181 Å². The molecule has 3 heterocycles. The zero-order chi connectivity index (χ0) is 20.3. The van der Waals surface area contributed by atoms with Crippen molar-refractivity contribution in [1.29, 1.82) is 0 Å². The van der Waals surface area contributed by atoms with Crippen molar-refractivity contribution in [2.24, 2.45) is 0 Å². The molecule has 0 N–H and O–H groups in total. The van der Waals surface area contributed by atoms with E-state index in [1.54, 1.807) is 43.3 Å². The molecule has 2 aromatic carbocycles. The van der Waals surface area contributed by atoms with Crippen molar-refractivity contribution in [1.82, 2.24) is 10.2 Å².